The smallest absolute Gasteiger partial charge is 0.295 e. The number of para-hydroxylation sites is 2. The van der Waals surface area contributed by atoms with Gasteiger partial charge in [-0.25, -0.2) is 0 Å². The molecule has 9 heteroatoms. The third-order valence-corrected chi connectivity index (χ3v) is 4.58. The molecule has 25 heavy (non-hydrogen) atoms. The van der Waals surface area contributed by atoms with E-state index in [1.54, 1.807) is 24.3 Å². The molecule has 0 saturated heterocycles. The predicted molar refractivity (Wildman–Crippen MR) is 89.9 cm³/mol. The summed E-state index contributed by atoms with van der Waals surface area (Å²) in [6.07, 6.45) is 0. The fourth-order valence-electron chi connectivity index (χ4n) is 2.07. The van der Waals surface area contributed by atoms with Gasteiger partial charge in [0.2, 0.25) is 11.0 Å². The summed E-state index contributed by atoms with van der Waals surface area (Å²) in [7, 11) is -2.47. The second-order valence-corrected chi connectivity index (χ2v) is 7.14. The van der Waals surface area contributed by atoms with Crippen LogP contribution in [0.2, 0.25) is 0 Å². The van der Waals surface area contributed by atoms with Crippen molar-refractivity contribution in [3.05, 3.63) is 42.3 Å². The second kappa shape index (κ2) is 6.60. The Kier molecular flexibility index (Phi) is 4.49. The first kappa shape index (κ1) is 17.0. The van der Waals surface area contributed by atoms with Crippen LogP contribution in [0.4, 0.5) is 5.69 Å². The minimum absolute atomic E-state index is 0.0617. The van der Waals surface area contributed by atoms with Crippen molar-refractivity contribution in [1.82, 2.24) is 10.2 Å². The molecule has 0 aliphatic carbocycles. The summed E-state index contributed by atoms with van der Waals surface area (Å²) in [6, 6.07) is 9.47. The topological polar surface area (TPSA) is 107 Å². The third kappa shape index (κ3) is 3.50. The lowest BCUT2D eigenvalue weighted by Crippen LogP contribution is -2.12. The number of sulfonamides is 1. The van der Waals surface area contributed by atoms with Crippen molar-refractivity contribution < 1.29 is 22.0 Å². The molecule has 0 amide bonds. The number of aromatic nitrogens is 2. The van der Waals surface area contributed by atoms with Gasteiger partial charge in [0.15, 0.2) is 5.76 Å². The van der Waals surface area contributed by atoms with Gasteiger partial charge in [-0.05, 0) is 24.3 Å². The summed E-state index contributed by atoms with van der Waals surface area (Å²) in [5, 5.41) is 7.50. The summed E-state index contributed by atoms with van der Waals surface area (Å²) in [4.78, 5) is 0. The van der Waals surface area contributed by atoms with Crippen LogP contribution in [-0.2, 0) is 10.0 Å². The predicted octanol–water partition coefficient (Wildman–Crippen LogP) is 3.26. The standard InChI is InChI=1S/C16H17N3O5S/c1-10(2)15-17-18-16(24-15)13-8-9-14(23-13)25(20,21)19-11-6-4-5-7-12(11)22-3/h4-10,19H,1-3H3. The number of hydrogen-bond donors (Lipinski definition) is 1. The van der Waals surface area contributed by atoms with Crippen LogP contribution in [0.3, 0.4) is 0 Å². The van der Waals surface area contributed by atoms with Gasteiger partial charge in [0.05, 0.1) is 12.8 Å². The monoisotopic (exact) mass is 363 g/mol. The quantitative estimate of drug-likeness (QED) is 0.716. The van der Waals surface area contributed by atoms with Crippen molar-refractivity contribution in [2.45, 2.75) is 24.9 Å². The largest absolute Gasteiger partial charge is 0.495 e. The van der Waals surface area contributed by atoms with E-state index in [-0.39, 0.29) is 22.7 Å². The molecular formula is C16H17N3O5S. The molecular weight excluding hydrogens is 346 g/mol. The van der Waals surface area contributed by atoms with Crippen LogP contribution in [0.15, 0.2) is 50.3 Å². The first-order valence-corrected chi connectivity index (χ1v) is 8.98. The average molecular weight is 363 g/mol. The lowest BCUT2D eigenvalue weighted by molar-refractivity contribution is 0.416. The zero-order valence-corrected chi connectivity index (χ0v) is 14.7. The zero-order valence-electron chi connectivity index (χ0n) is 13.9. The Morgan fingerprint density at radius 2 is 1.84 bits per heavy atom. The van der Waals surface area contributed by atoms with Crippen LogP contribution in [0.25, 0.3) is 11.7 Å². The molecule has 0 radical (unpaired) electrons. The Morgan fingerprint density at radius 1 is 1.08 bits per heavy atom. The fraction of sp³-hybridized carbons (Fsp3) is 0.250. The molecule has 0 aliphatic rings. The highest BCUT2D eigenvalue weighted by Crippen LogP contribution is 2.29. The van der Waals surface area contributed by atoms with E-state index in [4.69, 9.17) is 13.6 Å². The maximum atomic E-state index is 12.5. The van der Waals surface area contributed by atoms with Crippen molar-refractivity contribution >= 4 is 15.7 Å². The van der Waals surface area contributed by atoms with Crippen LogP contribution >= 0.6 is 0 Å². The van der Waals surface area contributed by atoms with Gasteiger partial charge in [0, 0.05) is 5.92 Å². The molecule has 0 saturated carbocycles. The molecule has 132 valence electrons. The molecule has 0 unspecified atom stereocenters. The highest BCUT2D eigenvalue weighted by Gasteiger charge is 2.23. The number of ether oxygens (including phenoxy) is 1. The Labute approximate surface area is 144 Å². The molecule has 3 rings (SSSR count). The third-order valence-electron chi connectivity index (χ3n) is 3.34. The summed E-state index contributed by atoms with van der Waals surface area (Å²) in [6.45, 7) is 3.82. The van der Waals surface area contributed by atoms with E-state index in [9.17, 15) is 8.42 Å². The number of nitrogens with one attached hydrogen (secondary N) is 1. The number of methoxy groups -OCH3 is 1. The first-order valence-electron chi connectivity index (χ1n) is 7.50. The Bertz CT molecular complexity index is 975. The average Bonchev–Trinajstić information content (AvgIpc) is 3.24. The SMILES string of the molecule is COc1ccccc1NS(=O)(=O)c1ccc(-c2nnc(C(C)C)o2)o1. The fourth-order valence-corrected chi connectivity index (χ4v) is 3.08. The number of furan rings is 1. The highest BCUT2D eigenvalue weighted by atomic mass is 32.2. The number of benzene rings is 1. The van der Waals surface area contributed by atoms with Gasteiger partial charge >= 0.3 is 0 Å². The number of hydrogen-bond acceptors (Lipinski definition) is 7. The van der Waals surface area contributed by atoms with Crippen LogP contribution in [0.5, 0.6) is 5.75 Å². The van der Waals surface area contributed by atoms with Crippen LogP contribution in [0.1, 0.15) is 25.7 Å². The molecule has 0 fully saturated rings. The van der Waals surface area contributed by atoms with Crippen molar-refractivity contribution in [3.63, 3.8) is 0 Å². The molecule has 0 aliphatic heterocycles. The molecule has 8 nitrogen and oxygen atoms in total. The number of rotatable bonds is 6. The van der Waals surface area contributed by atoms with E-state index in [0.717, 1.165) is 0 Å². The van der Waals surface area contributed by atoms with E-state index in [1.807, 2.05) is 13.8 Å². The second-order valence-electron chi connectivity index (χ2n) is 5.52. The molecule has 3 aromatic rings. The molecule has 2 heterocycles. The lowest BCUT2D eigenvalue weighted by Gasteiger charge is -2.09. The maximum Gasteiger partial charge on any atom is 0.295 e. The molecule has 0 atom stereocenters. The van der Waals surface area contributed by atoms with Gasteiger partial charge in [-0.3, -0.25) is 4.72 Å². The summed E-state index contributed by atoms with van der Waals surface area (Å²) >= 11 is 0. The van der Waals surface area contributed by atoms with Crippen LogP contribution in [0, 0.1) is 0 Å². The normalized spacial score (nSPS) is 11.7. The van der Waals surface area contributed by atoms with Gasteiger partial charge in [0.1, 0.15) is 5.75 Å². The van der Waals surface area contributed by atoms with Crippen LogP contribution < -0.4 is 9.46 Å². The number of anilines is 1. The lowest BCUT2D eigenvalue weighted by atomic mass is 10.2. The van der Waals surface area contributed by atoms with Crippen molar-refractivity contribution in [2.75, 3.05) is 11.8 Å². The molecule has 1 N–H and O–H groups in total. The first-order chi connectivity index (χ1) is 11.9. The minimum atomic E-state index is -3.93. The molecule has 0 spiro atoms. The van der Waals surface area contributed by atoms with Gasteiger partial charge < -0.3 is 13.6 Å². The molecule has 0 bridgehead atoms. The van der Waals surface area contributed by atoms with Crippen LogP contribution in [-0.4, -0.2) is 25.7 Å². The van der Waals surface area contributed by atoms with Gasteiger partial charge in [0.25, 0.3) is 15.9 Å². The highest BCUT2D eigenvalue weighted by molar-refractivity contribution is 7.92. The van der Waals surface area contributed by atoms with E-state index < -0.39 is 10.0 Å². The number of nitrogens with zero attached hydrogens (tertiary/aromatic N) is 2. The summed E-state index contributed by atoms with van der Waals surface area (Å²) in [5.74, 6) is 1.22. The summed E-state index contributed by atoms with van der Waals surface area (Å²) in [5.41, 5.74) is 0.308. The molecule has 2 aromatic heterocycles. The van der Waals surface area contributed by atoms with Gasteiger partial charge in [-0.2, -0.15) is 8.42 Å². The van der Waals surface area contributed by atoms with Gasteiger partial charge in [-0.1, -0.05) is 26.0 Å². The molecule has 1 aromatic carbocycles. The Morgan fingerprint density at radius 3 is 2.52 bits per heavy atom. The van der Waals surface area contributed by atoms with E-state index in [2.05, 4.69) is 14.9 Å². The van der Waals surface area contributed by atoms with Crippen molar-refractivity contribution in [1.29, 1.82) is 0 Å². The van der Waals surface area contributed by atoms with Crippen molar-refractivity contribution in [2.24, 2.45) is 0 Å². The Balaban J connectivity index is 1.87. The minimum Gasteiger partial charge on any atom is -0.495 e. The zero-order chi connectivity index (χ0) is 18.0. The maximum absolute atomic E-state index is 12.5. The summed E-state index contributed by atoms with van der Waals surface area (Å²) < 4.78 is 43.4. The Hall–Kier alpha value is -2.81. The van der Waals surface area contributed by atoms with Gasteiger partial charge in [-0.15, -0.1) is 10.2 Å². The van der Waals surface area contributed by atoms with E-state index in [1.165, 1.54) is 19.2 Å². The van der Waals surface area contributed by atoms with E-state index in [0.29, 0.717) is 17.3 Å². The van der Waals surface area contributed by atoms with E-state index >= 15 is 0 Å². The van der Waals surface area contributed by atoms with Crippen molar-refractivity contribution in [3.8, 4) is 17.4 Å².